The summed E-state index contributed by atoms with van der Waals surface area (Å²) in [6.45, 7) is 1.54. The third-order valence-corrected chi connectivity index (χ3v) is 4.53. The first-order chi connectivity index (χ1) is 9.86. The summed E-state index contributed by atoms with van der Waals surface area (Å²) >= 11 is 0. The lowest BCUT2D eigenvalue weighted by Gasteiger charge is -2.28. The number of hydrogen-bond acceptors (Lipinski definition) is 2. The highest BCUT2D eigenvalue weighted by Gasteiger charge is 2.51. The Bertz CT molecular complexity index is 510. The van der Waals surface area contributed by atoms with Gasteiger partial charge in [-0.25, -0.2) is 0 Å². The minimum atomic E-state index is -4.17. The molecule has 1 aromatic rings. The molecule has 1 aliphatic heterocycles. The number of alkyl halides is 3. The van der Waals surface area contributed by atoms with E-state index in [1.807, 2.05) is 6.07 Å². The van der Waals surface area contributed by atoms with Gasteiger partial charge in [-0.15, -0.1) is 0 Å². The molecule has 0 spiro atoms. The first-order valence-corrected chi connectivity index (χ1v) is 7.47. The number of aliphatic hydroxyl groups is 1. The van der Waals surface area contributed by atoms with Gasteiger partial charge in [-0.1, -0.05) is 24.3 Å². The highest BCUT2D eigenvalue weighted by atomic mass is 19.4. The predicted molar refractivity (Wildman–Crippen MR) is 73.8 cm³/mol. The first-order valence-electron chi connectivity index (χ1n) is 7.47. The van der Waals surface area contributed by atoms with Crippen molar-refractivity contribution >= 4 is 0 Å². The molecule has 1 unspecified atom stereocenters. The molecule has 5 heteroatoms. The van der Waals surface area contributed by atoms with Crippen molar-refractivity contribution in [3.05, 3.63) is 35.4 Å². The molecular weight excluding hydrogens is 279 g/mol. The van der Waals surface area contributed by atoms with Gasteiger partial charge in [0.05, 0.1) is 12.0 Å². The van der Waals surface area contributed by atoms with Gasteiger partial charge < -0.3 is 5.11 Å². The van der Waals surface area contributed by atoms with E-state index in [1.165, 1.54) is 6.07 Å². The lowest BCUT2D eigenvalue weighted by Crippen LogP contribution is -2.40. The lowest BCUT2D eigenvalue weighted by atomic mass is 10.0. The van der Waals surface area contributed by atoms with Gasteiger partial charge in [0, 0.05) is 12.6 Å². The zero-order chi connectivity index (χ0) is 15.1. The largest absolute Gasteiger partial charge is 0.393 e. The standard InChI is InChI=1S/C16H20F3NO/c17-16(18,19)10-12-3-1-4-13(9-12)11-20-8-2-5-14(20)15(21)6-7-15/h1,3-4,9,14,21H,2,5-8,10-11H2. The third-order valence-electron chi connectivity index (χ3n) is 4.53. The van der Waals surface area contributed by atoms with Crippen molar-refractivity contribution in [3.63, 3.8) is 0 Å². The summed E-state index contributed by atoms with van der Waals surface area (Å²) in [7, 11) is 0. The molecule has 0 amide bonds. The van der Waals surface area contributed by atoms with Crippen LogP contribution in [0.5, 0.6) is 0 Å². The average Bonchev–Trinajstić information content (AvgIpc) is 2.95. The van der Waals surface area contributed by atoms with Crippen molar-refractivity contribution in [2.24, 2.45) is 0 Å². The van der Waals surface area contributed by atoms with Crippen LogP contribution in [0.1, 0.15) is 36.8 Å². The van der Waals surface area contributed by atoms with Crippen molar-refractivity contribution < 1.29 is 18.3 Å². The van der Waals surface area contributed by atoms with Crippen molar-refractivity contribution in [1.82, 2.24) is 4.90 Å². The summed E-state index contributed by atoms with van der Waals surface area (Å²) in [5, 5.41) is 10.3. The molecule has 116 valence electrons. The minimum absolute atomic E-state index is 0.170. The molecule has 2 nitrogen and oxygen atoms in total. The van der Waals surface area contributed by atoms with Crippen LogP contribution in [0.4, 0.5) is 13.2 Å². The molecule has 3 rings (SSSR count). The Morgan fingerprint density at radius 2 is 1.95 bits per heavy atom. The summed E-state index contributed by atoms with van der Waals surface area (Å²) in [5.41, 5.74) is 0.661. The molecule has 1 saturated heterocycles. The van der Waals surface area contributed by atoms with Crippen molar-refractivity contribution in [2.75, 3.05) is 6.54 Å². The Balaban J connectivity index is 1.68. The molecule has 1 atom stereocenters. The molecule has 2 aliphatic rings. The molecule has 21 heavy (non-hydrogen) atoms. The molecule has 0 aromatic heterocycles. The van der Waals surface area contributed by atoms with Crippen LogP contribution in [0, 0.1) is 0 Å². The minimum Gasteiger partial charge on any atom is -0.388 e. The van der Waals surface area contributed by atoms with Gasteiger partial charge >= 0.3 is 6.18 Å². The number of benzene rings is 1. The first kappa shape index (κ1) is 14.9. The summed E-state index contributed by atoms with van der Waals surface area (Å²) in [6.07, 6.45) is -1.31. The maximum absolute atomic E-state index is 12.5. The van der Waals surface area contributed by atoms with Crippen LogP contribution in [-0.4, -0.2) is 34.4 Å². The third kappa shape index (κ3) is 3.58. The molecule has 1 N–H and O–H groups in total. The smallest absolute Gasteiger partial charge is 0.388 e. The highest BCUT2D eigenvalue weighted by Crippen LogP contribution is 2.44. The summed E-state index contributed by atoms with van der Waals surface area (Å²) in [4.78, 5) is 2.22. The molecule has 2 fully saturated rings. The molecule has 0 radical (unpaired) electrons. The fourth-order valence-electron chi connectivity index (χ4n) is 3.39. The quantitative estimate of drug-likeness (QED) is 0.922. The Morgan fingerprint density at radius 3 is 2.62 bits per heavy atom. The van der Waals surface area contributed by atoms with E-state index in [0.29, 0.717) is 12.1 Å². The molecule has 1 saturated carbocycles. The lowest BCUT2D eigenvalue weighted by molar-refractivity contribution is -0.127. The number of halogens is 3. The van der Waals surface area contributed by atoms with Crippen LogP contribution >= 0.6 is 0 Å². The van der Waals surface area contributed by atoms with Gasteiger partial charge in [-0.2, -0.15) is 13.2 Å². The maximum atomic E-state index is 12.5. The molecule has 1 aromatic carbocycles. The van der Waals surface area contributed by atoms with E-state index in [4.69, 9.17) is 0 Å². The van der Waals surface area contributed by atoms with Crippen LogP contribution in [0.15, 0.2) is 24.3 Å². The molecule has 0 bridgehead atoms. The average molecular weight is 299 g/mol. The van der Waals surface area contributed by atoms with Gasteiger partial charge in [0.15, 0.2) is 0 Å². The van der Waals surface area contributed by atoms with Crippen molar-refractivity contribution in [3.8, 4) is 0 Å². The highest BCUT2D eigenvalue weighted by molar-refractivity contribution is 5.24. The second-order valence-corrected chi connectivity index (χ2v) is 6.34. The second kappa shape index (κ2) is 5.29. The number of hydrogen-bond donors (Lipinski definition) is 1. The number of rotatable bonds is 4. The Morgan fingerprint density at radius 1 is 1.24 bits per heavy atom. The van der Waals surface area contributed by atoms with Crippen LogP contribution in [0.3, 0.4) is 0 Å². The molecular formula is C16H20F3NO. The fraction of sp³-hybridized carbons (Fsp3) is 0.625. The van der Waals surface area contributed by atoms with Gasteiger partial charge in [0.1, 0.15) is 0 Å². The van der Waals surface area contributed by atoms with Gasteiger partial charge in [0.2, 0.25) is 0 Å². The van der Waals surface area contributed by atoms with Crippen molar-refractivity contribution in [1.29, 1.82) is 0 Å². The van der Waals surface area contributed by atoms with E-state index >= 15 is 0 Å². The Hall–Kier alpha value is -1.07. The van der Waals surface area contributed by atoms with Gasteiger partial charge in [-0.05, 0) is 43.4 Å². The molecule has 1 heterocycles. The summed E-state index contributed by atoms with van der Waals surface area (Å²) in [5.74, 6) is 0. The number of likely N-dealkylation sites (tertiary alicyclic amines) is 1. The molecule has 1 aliphatic carbocycles. The van der Waals surface area contributed by atoms with E-state index in [-0.39, 0.29) is 6.04 Å². The maximum Gasteiger partial charge on any atom is 0.393 e. The predicted octanol–water partition coefficient (Wildman–Crippen LogP) is 3.28. The topological polar surface area (TPSA) is 23.5 Å². The monoisotopic (exact) mass is 299 g/mol. The van der Waals surface area contributed by atoms with E-state index in [0.717, 1.165) is 37.8 Å². The van der Waals surface area contributed by atoms with Crippen molar-refractivity contribution in [2.45, 2.75) is 56.5 Å². The van der Waals surface area contributed by atoms with Crippen LogP contribution < -0.4 is 0 Å². The van der Waals surface area contributed by atoms with Crippen LogP contribution in [0.2, 0.25) is 0 Å². The van der Waals surface area contributed by atoms with Crippen LogP contribution in [0.25, 0.3) is 0 Å². The normalized spacial score (nSPS) is 25.2. The van der Waals surface area contributed by atoms with Gasteiger partial charge in [0.25, 0.3) is 0 Å². The summed E-state index contributed by atoms with van der Waals surface area (Å²) in [6, 6.07) is 6.88. The van der Waals surface area contributed by atoms with E-state index in [1.54, 1.807) is 12.1 Å². The SMILES string of the molecule is OC1(C2CCCN2Cc2cccc(CC(F)(F)F)c2)CC1. The summed E-state index contributed by atoms with van der Waals surface area (Å²) < 4.78 is 37.4. The Kier molecular flexibility index (Phi) is 3.74. The zero-order valence-corrected chi connectivity index (χ0v) is 11.9. The van der Waals surface area contributed by atoms with E-state index < -0.39 is 18.2 Å². The zero-order valence-electron chi connectivity index (χ0n) is 11.9. The van der Waals surface area contributed by atoms with E-state index in [2.05, 4.69) is 4.90 Å². The second-order valence-electron chi connectivity index (χ2n) is 6.34. The Labute approximate surface area is 122 Å². The number of nitrogens with zero attached hydrogens (tertiary/aromatic N) is 1. The van der Waals surface area contributed by atoms with E-state index in [9.17, 15) is 18.3 Å². The fourth-order valence-corrected chi connectivity index (χ4v) is 3.39. The van der Waals surface area contributed by atoms with Gasteiger partial charge in [-0.3, -0.25) is 4.90 Å². The van der Waals surface area contributed by atoms with Crippen LogP contribution in [-0.2, 0) is 13.0 Å².